The average Bonchev–Trinajstić information content (AvgIpc) is 2.55. The van der Waals surface area contributed by atoms with Crippen LogP contribution in [0.15, 0.2) is 42.5 Å². The molecule has 0 heterocycles. The van der Waals surface area contributed by atoms with Crippen LogP contribution in [0.5, 0.6) is 5.75 Å². The minimum atomic E-state index is -0.561. The zero-order valence-corrected chi connectivity index (χ0v) is 15.2. The SMILES string of the molecule is CCc1ccccc1NC(=O)[C@@H](C)Oc1cc(C)ccc1C(C)C. The van der Waals surface area contributed by atoms with Gasteiger partial charge in [-0.2, -0.15) is 0 Å². The molecule has 0 fully saturated rings. The minimum absolute atomic E-state index is 0.132. The van der Waals surface area contributed by atoms with Gasteiger partial charge in [-0.1, -0.05) is 51.1 Å². The number of hydrogen-bond donors (Lipinski definition) is 1. The summed E-state index contributed by atoms with van der Waals surface area (Å²) < 4.78 is 5.98. The van der Waals surface area contributed by atoms with E-state index in [1.165, 1.54) is 0 Å². The Labute approximate surface area is 145 Å². The van der Waals surface area contributed by atoms with Crippen LogP contribution in [0.4, 0.5) is 5.69 Å². The van der Waals surface area contributed by atoms with E-state index >= 15 is 0 Å². The Hall–Kier alpha value is -2.29. The third-order valence-electron chi connectivity index (χ3n) is 4.12. The fourth-order valence-electron chi connectivity index (χ4n) is 2.65. The largest absolute Gasteiger partial charge is 0.481 e. The van der Waals surface area contributed by atoms with Crippen LogP contribution in [-0.2, 0) is 11.2 Å². The summed E-state index contributed by atoms with van der Waals surface area (Å²) in [7, 11) is 0. The first kappa shape index (κ1) is 18.1. The maximum absolute atomic E-state index is 12.5. The first-order valence-electron chi connectivity index (χ1n) is 8.58. The summed E-state index contributed by atoms with van der Waals surface area (Å²) in [6, 6.07) is 14.0. The summed E-state index contributed by atoms with van der Waals surface area (Å²) in [5, 5.41) is 2.98. The predicted octanol–water partition coefficient (Wildman–Crippen LogP) is 5.09. The third-order valence-corrected chi connectivity index (χ3v) is 4.12. The van der Waals surface area contributed by atoms with E-state index in [9.17, 15) is 4.79 Å². The summed E-state index contributed by atoms with van der Waals surface area (Å²) in [5.41, 5.74) is 4.22. The van der Waals surface area contributed by atoms with Gasteiger partial charge in [-0.15, -0.1) is 0 Å². The van der Waals surface area contributed by atoms with Gasteiger partial charge in [-0.05, 0) is 55.0 Å². The Balaban J connectivity index is 2.13. The molecule has 2 aromatic rings. The molecular formula is C21H27NO2. The van der Waals surface area contributed by atoms with Gasteiger partial charge in [0.1, 0.15) is 5.75 Å². The summed E-state index contributed by atoms with van der Waals surface area (Å²) in [4.78, 5) is 12.5. The van der Waals surface area contributed by atoms with Crippen LogP contribution in [0, 0.1) is 6.92 Å². The summed E-state index contributed by atoms with van der Waals surface area (Å²) in [6.07, 6.45) is 0.315. The number of benzene rings is 2. The number of para-hydroxylation sites is 1. The number of amides is 1. The highest BCUT2D eigenvalue weighted by molar-refractivity contribution is 5.94. The van der Waals surface area contributed by atoms with Gasteiger partial charge in [0, 0.05) is 5.69 Å². The molecule has 0 bridgehead atoms. The van der Waals surface area contributed by atoms with E-state index in [2.05, 4.69) is 38.2 Å². The molecule has 0 saturated heterocycles. The zero-order chi connectivity index (χ0) is 17.7. The second-order valence-electron chi connectivity index (χ2n) is 6.46. The topological polar surface area (TPSA) is 38.3 Å². The highest BCUT2D eigenvalue weighted by Gasteiger charge is 2.18. The molecule has 1 atom stereocenters. The molecule has 0 aliphatic carbocycles. The predicted molar refractivity (Wildman–Crippen MR) is 99.8 cm³/mol. The van der Waals surface area contributed by atoms with Crippen molar-refractivity contribution in [3.05, 3.63) is 59.2 Å². The van der Waals surface area contributed by atoms with Gasteiger partial charge in [-0.3, -0.25) is 4.79 Å². The van der Waals surface area contributed by atoms with Gasteiger partial charge in [0.2, 0.25) is 0 Å². The van der Waals surface area contributed by atoms with Crippen LogP contribution in [0.3, 0.4) is 0 Å². The van der Waals surface area contributed by atoms with Crippen LogP contribution in [-0.4, -0.2) is 12.0 Å². The molecular weight excluding hydrogens is 298 g/mol. The van der Waals surface area contributed by atoms with Gasteiger partial charge in [0.05, 0.1) is 0 Å². The number of ether oxygens (including phenoxy) is 1. The lowest BCUT2D eigenvalue weighted by Gasteiger charge is -2.20. The highest BCUT2D eigenvalue weighted by Crippen LogP contribution is 2.28. The van der Waals surface area contributed by atoms with E-state index in [4.69, 9.17) is 4.74 Å². The quantitative estimate of drug-likeness (QED) is 0.803. The lowest BCUT2D eigenvalue weighted by molar-refractivity contribution is -0.122. The van der Waals surface area contributed by atoms with Crippen molar-refractivity contribution in [3.63, 3.8) is 0 Å². The van der Waals surface area contributed by atoms with E-state index in [1.54, 1.807) is 6.92 Å². The second kappa shape index (κ2) is 8.00. The molecule has 0 saturated carbocycles. The van der Waals surface area contributed by atoms with Crippen molar-refractivity contribution in [1.29, 1.82) is 0 Å². The first-order valence-corrected chi connectivity index (χ1v) is 8.58. The van der Waals surface area contributed by atoms with Gasteiger partial charge in [-0.25, -0.2) is 0 Å². The van der Waals surface area contributed by atoms with Crippen LogP contribution >= 0.6 is 0 Å². The molecule has 3 nitrogen and oxygen atoms in total. The van der Waals surface area contributed by atoms with Crippen molar-refractivity contribution < 1.29 is 9.53 Å². The molecule has 2 rings (SSSR count). The number of aryl methyl sites for hydroxylation is 2. The van der Waals surface area contributed by atoms with E-state index in [0.717, 1.165) is 34.5 Å². The number of carbonyl (C=O) groups is 1. The Morgan fingerprint density at radius 3 is 2.50 bits per heavy atom. The molecule has 1 amide bonds. The highest BCUT2D eigenvalue weighted by atomic mass is 16.5. The molecule has 24 heavy (non-hydrogen) atoms. The van der Waals surface area contributed by atoms with Gasteiger partial charge in [0.15, 0.2) is 6.10 Å². The summed E-state index contributed by atoms with van der Waals surface area (Å²) in [5.74, 6) is 1.00. The summed E-state index contributed by atoms with van der Waals surface area (Å²) in [6.45, 7) is 10.1. The molecule has 0 unspecified atom stereocenters. The molecule has 0 aromatic heterocycles. The number of anilines is 1. The van der Waals surface area contributed by atoms with Crippen LogP contribution < -0.4 is 10.1 Å². The zero-order valence-electron chi connectivity index (χ0n) is 15.2. The van der Waals surface area contributed by atoms with Gasteiger partial charge < -0.3 is 10.1 Å². The fourth-order valence-corrected chi connectivity index (χ4v) is 2.65. The molecule has 128 valence electrons. The number of rotatable bonds is 6. The monoisotopic (exact) mass is 325 g/mol. The van der Waals surface area contributed by atoms with Crippen LogP contribution in [0.2, 0.25) is 0 Å². The third kappa shape index (κ3) is 4.38. The van der Waals surface area contributed by atoms with Crippen molar-refractivity contribution in [2.75, 3.05) is 5.32 Å². The fraction of sp³-hybridized carbons (Fsp3) is 0.381. The number of nitrogens with one attached hydrogen (secondary N) is 1. The lowest BCUT2D eigenvalue weighted by atomic mass is 10.0. The molecule has 0 aliphatic rings. The van der Waals surface area contributed by atoms with Gasteiger partial charge in [0.25, 0.3) is 5.91 Å². The van der Waals surface area contributed by atoms with E-state index in [1.807, 2.05) is 37.3 Å². The second-order valence-corrected chi connectivity index (χ2v) is 6.46. The number of carbonyl (C=O) groups excluding carboxylic acids is 1. The van der Waals surface area contributed by atoms with Crippen LogP contribution in [0.1, 0.15) is 50.3 Å². The van der Waals surface area contributed by atoms with E-state index in [-0.39, 0.29) is 5.91 Å². The average molecular weight is 325 g/mol. The first-order chi connectivity index (χ1) is 11.4. The Kier molecular flexibility index (Phi) is 6.02. The van der Waals surface area contributed by atoms with Crippen molar-refractivity contribution in [2.24, 2.45) is 0 Å². The molecule has 2 aromatic carbocycles. The maximum Gasteiger partial charge on any atom is 0.265 e. The number of hydrogen-bond acceptors (Lipinski definition) is 2. The summed E-state index contributed by atoms with van der Waals surface area (Å²) >= 11 is 0. The molecule has 3 heteroatoms. The molecule has 0 aliphatic heterocycles. The van der Waals surface area contributed by atoms with E-state index in [0.29, 0.717) is 5.92 Å². The van der Waals surface area contributed by atoms with Crippen molar-refractivity contribution in [2.45, 2.75) is 53.1 Å². The van der Waals surface area contributed by atoms with Crippen molar-refractivity contribution >= 4 is 11.6 Å². The van der Waals surface area contributed by atoms with Crippen molar-refractivity contribution in [1.82, 2.24) is 0 Å². The van der Waals surface area contributed by atoms with Crippen LogP contribution in [0.25, 0.3) is 0 Å². The smallest absolute Gasteiger partial charge is 0.265 e. The molecule has 0 radical (unpaired) electrons. The lowest BCUT2D eigenvalue weighted by Crippen LogP contribution is -2.30. The maximum atomic E-state index is 12.5. The Morgan fingerprint density at radius 1 is 1.12 bits per heavy atom. The van der Waals surface area contributed by atoms with Gasteiger partial charge >= 0.3 is 0 Å². The Bertz CT molecular complexity index is 707. The Morgan fingerprint density at radius 2 is 1.83 bits per heavy atom. The minimum Gasteiger partial charge on any atom is -0.481 e. The van der Waals surface area contributed by atoms with E-state index < -0.39 is 6.10 Å². The molecule has 1 N–H and O–H groups in total. The molecule has 0 spiro atoms. The van der Waals surface area contributed by atoms with Crippen molar-refractivity contribution in [3.8, 4) is 5.75 Å². The normalized spacial score (nSPS) is 12.1. The standard InChI is InChI=1S/C21H27NO2/c1-6-17-9-7-8-10-19(17)22-21(23)16(5)24-20-13-15(4)11-12-18(20)14(2)3/h7-14,16H,6H2,1-5H3,(H,22,23)/t16-/m1/s1.